The second kappa shape index (κ2) is 7.50. The molecule has 0 unspecified atom stereocenters. The Bertz CT molecular complexity index is 422. The molecule has 0 aliphatic heterocycles. The van der Waals surface area contributed by atoms with Crippen molar-refractivity contribution in [3.05, 3.63) is 23.8 Å². The van der Waals surface area contributed by atoms with Crippen molar-refractivity contribution in [2.24, 2.45) is 0 Å². The molecule has 1 aliphatic rings. The molecule has 2 atom stereocenters. The normalized spacial score (nSPS) is 22.6. The third-order valence-corrected chi connectivity index (χ3v) is 3.83. The van der Waals surface area contributed by atoms with E-state index in [1.54, 1.807) is 7.11 Å². The first-order valence-corrected chi connectivity index (χ1v) is 7.45. The molecule has 2 rings (SSSR count). The van der Waals surface area contributed by atoms with Gasteiger partial charge in [0, 0.05) is 12.6 Å². The molecule has 4 nitrogen and oxygen atoms in total. The minimum Gasteiger partial charge on any atom is -0.493 e. The van der Waals surface area contributed by atoms with Crippen LogP contribution in [-0.2, 0) is 6.54 Å². The van der Waals surface area contributed by atoms with Gasteiger partial charge in [-0.3, -0.25) is 0 Å². The van der Waals surface area contributed by atoms with E-state index in [0.29, 0.717) is 6.61 Å². The fourth-order valence-electron chi connectivity index (χ4n) is 2.70. The summed E-state index contributed by atoms with van der Waals surface area (Å²) in [6, 6.07) is 6.18. The smallest absolute Gasteiger partial charge is 0.161 e. The maximum absolute atomic E-state index is 9.95. The van der Waals surface area contributed by atoms with E-state index in [0.717, 1.165) is 42.9 Å². The summed E-state index contributed by atoms with van der Waals surface area (Å²) in [6.07, 6.45) is 4.07. The molecule has 1 fully saturated rings. The molecule has 0 saturated heterocycles. The van der Waals surface area contributed by atoms with Gasteiger partial charge in [-0.1, -0.05) is 18.9 Å². The lowest BCUT2D eigenvalue weighted by Gasteiger charge is -2.28. The number of methoxy groups -OCH3 is 1. The lowest BCUT2D eigenvalue weighted by molar-refractivity contribution is 0.0902. The van der Waals surface area contributed by atoms with Gasteiger partial charge in [0.25, 0.3) is 0 Å². The highest BCUT2D eigenvalue weighted by atomic mass is 16.5. The third-order valence-electron chi connectivity index (χ3n) is 3.83. The average molecular weight is 279 g/mol. The van der Waals surface area contributed by atoms with Crippen molar-refractivity contribution < 1.29 is 14.6 Å². The first-order valence-electron chi connectivity index (χ1n) is 7.45. The van der Waals surface area contributed by atoms with Gasteiger partial charge in [-0.05, 0) is 37.5 Å². The molecule has 0 spiro atoms. The standard InChI is InChI=1S/C16H25NO3/c1-3-20-15-9-8-12(10-16(15)19-2)11-17-13-6-4-5-7-14(13)18/h8-10,13-14,17-18H,3-7,11H2,1-2H3/t13-,14-/m0/s1. The highest BCUT2D eigenvalue weighted by Gasteiger charge is 2.22. The van der Waals surface area contributed by atoms with Gasteiger partial charge in [-0.15, -0.1) is 0 Å². The van der Waals surface area contributed by atoms with Crippen molar-refractivity contribution in [3.63, 3.8) is 0 Å². The molecule has 0 amide bonds. The predicted octanol–water partition coefficient (Wildman–Crippen LogP) is 2.49. The van der Waals surface area contributed by atoms with Crippen LogP contribution in [0.25, 0.3) is 0 Å². The number of hydrogen-bond donors (Lipinski definition) is 2. The van der Waals surface area contributed by atoms with E-state index in [1.807, 2.05) is 25.1 Å². The Hall–Kier alpha value is -1.26. The SMILES string of the molecule is CCOc1ccc(CN[C@H]2CCCC[C@@H]2O)cc1OC. The molecule has 2 N–H and O–H groups in total. The summed E-state index contributed by atoms with van der Waals surface area (Å²) in [7, 11) is 1.65. The van der Waals surface area contributed by atoms with Crippen LogP contribution in [0, 0.1) is 0 Å². The van der Waals surface area contributed by atoms with Gasteiger partial charge in [-0.2, -0.15) is 0 Å². The first kappa shape index (κ1) is 15.1. The molecule has 112 valence electrons. The number of benzene rings is 1. The van der Waals surface area contributed by atoms with Crippen molar-refractivity contribution in [2.45, 2.75) is 51.3 Å². The van der Waals surface area contributed by atoms with Crippen molar-refractivity contribution in [1.29, 1.82) is 0 Å². The third kappa shape index (κ3) is 3.87. The van der Waals surface area contributed by atoms with E-state index < -0.39 is 0 Å². The molecular weight excluding hydrogens is 254 g/mol. The predicted molar refractivity (Wildman–Crippen MR) is 79.3 cm³/mol. The molecule has 4 heteroatoms. The summed E-state index contributed by atoms with van der Waals surface area (Å²) in [5.41, 5.74) is 1.14. The van der Waals surface area contributed by atoms with Crippen molar-refractivity contribution >= 4 is 0 Å². The van der Waals surface area contributed by atoms with Gasteiger partial charge in [0.2, 0.25) is 0 Å². The number of aliphatic hydroxyl groups excluding tert-OH is 1. The van der Waals surface area contributed by atoms with E-state index in [9.17, 15) is 5.11 Å². The summed E-state index contributed by atoms with van der Waals surface area (Å²) in [5, 5.41) is 13.4. The van der Waals surface area contributed by atoms with Crippen LogP contribution in [0.5, 0.6) is 11.5 Å². The highest BCUT2D eigenvalue weighted by Crippen LogP contribution is 2.28. The second-order valence-corrected chi connectivity index (χ2v) is 5.26. The van der Waals surface area contributed by atoms with Crippen molar-refractivity contribution in [1.82, 2.24) is 5.32 Å². The van der Waals surface area contributed by atoms with E-state index in [1.165, 1.54) is 6.42 Å². The van der Waals surface area contributed by atoms with Crippen LogP contribution >= 0.6 is 0 Å². The molecule has 20 heavy (non-hydrogen) atoms. The van der Waals surface area contributed by atoms with Gasteiger partial charge in [0.1, 0.15) is 0 Å². The Morgan fingerprint density at radius 3 is 2.75 bits per heavy atom. The Morgan fingerprint density at radius 1 is 1.25 bits per heavy atom. The van der Waals surface area contributed by atoms with Crippen molar-refractivity contribution in [3.8, 4) is 11.5 Å². The fourth-order valence-corrected chi connectivity index (χ4v) is 2.70. The van der Waals surface area contributed by atoms with Gasteiger partial charge in [0.05, 0.1) is 19.8 Å². The minimum atomic E-state index is -0.214. The van der Waals surface area contributed by atoms with Crippen LogP contribution in [0.1, 0.15) is 38.2 Å². The van der Waals surface area contributed by atoms with Gasteiger partial charge >= 0.3 is 0 Å². The summed E-state index contributed by atoms with van der Waals surface area (Å²) in [4.78, 5) is 0. The molecular formula is C16H25NO3. The largest absolute Gasteiger partial charge is 0.493 e. The maximum atomic E-state index is 9.95. The quantitative estimate of drug-likeness (QED) is 0.840. The zero-order valence-electron chi connectivity index (χ0n) is 12.4. The van der Waals surface area contributed by atoms with Crippen LogP contribution in [0.3, 0.4) is 0 Å². The topological polar surface area (TPSA) is 50.7 Å². The zero-order chi connectivity index (χ0) is 14.4. The molecule has 1 saturated carbocycles. The molecule has 0 aromatic heterocycles. The second-order valence-electron chi connectivity index (χ2n) is 5.26. The lowest BCUT2D eigenvalue weighted by atomic mass is 9.92. The van der Waals surface area contributed by atoms with E-state index in [2.05, 4.69) is 5.32 Å². The molecule has 0 bridgehead atoms. The molecule has 1 aromatic carbocycles. The summed E-state index contributed by atoms with van der Waals surface area (Å²) in [6.45, 7) is 3.33. The monoisotopic (exact) mass is 279 g/mol. The van der Waals surface area contributed by atoms with Crippen LogP contribution < -0.4 is 14.8 Å². The van der Waals surface area contributed by atoms with Crippen LogP contribution in [-0.4, -0.2) is 31.0 Å². The number of rotatable bonds is 6. The number of aliphatic hydroxyl groups is 1. The Morgan fingerprint density at radius 2 is 2.05 bits per heavy atom. The Labute approximate surface area is 121 Å². The van der Waals surface area contributed by atoms with Gasteiger partial charge < -0.3 is 19.9 Å². The number of hydrogen-bond acceptors (Lipinski definition) is 4. The van der Waals surface area contributed by atoms with Gasteiger partial charge in [0.15, 0.2) is 11.5 Å². The molecule has 1 aliphatic carbocycles. The number of ether oxygens (including phenoxy) is 2. The first-order chi connectivity index (χ1) is 9.74. The molecule has 0 heterocycles. The van der Waals surface area contributed by atoms with Crippen LogP contribution in [0.15, 0.2) is 18.2 Å². The average Bonchev–Trinajstić information content (AvgIpc) is 2.48. The summed E-state index contributed by atoms with van der Waals surface area (Å²) in [5.74, 6) is 1.53. The maximum Gasteiger partial charge on any atom is 0.161 e. The van der Waals surface area contributed by atoms with E-state index >= 15 is 0 Å². The lowest BCUT2D eigenvalue weighted by Crippen LogP contribution is -2.41. The van der Waals surface area contributed by atoms with E-state index in [4.69, 9.17) is 9.47 Å². The van der Waals surface area contributed by atoms with Crippen LogP contribution in [0.2, 0.25) is 0 Å². The van der Waals surface area contributed by atoms with Gasteiger partial charge in [-0.25, -0.2) is 0 Å². The Balaban J connectivity index is 1.95. The summed E-state index contributed by atoms with van der Waals surface area (Å²) >= 11 is 0. The van der Waals surface area contributed by atoms with E-state index in [-0.39, 0.29) is 12.1 Å². The molecule has 0 radical (unpaired) electrons. The summed E-state index contributed by atoms with van der Waals surface area (Å²) < 4.78 is 10.9. The zero-order valence-corrected chi connectivity index (χ0v) is 12.4. The van der Waals surface area contributed by atoms with Crippen molar-refractivity contribution in [2.75, 3.05) is 13.7 Å². The Kier molecular flexibility index (Phi) is 5.68. The van der Waals surface area contributed by atoms with Crippen LogP contribution in [0.4, 0.5) is 0 Å². The highest BCUT2D eigenvalue weighted by molar-refractivity contribution is 5.42. The number of nitrogens with one attached hydrogen (secondary N) is 1. The minimum absolute atomic E-state index is 0.210. The fraction of sp³-hybridized carbons (Fsp3) is 0.625. The molecule has 1 aromatic rings.